The number of carbonyl (C=O) groups is 2. The number of carbonyl (C=O) groups excluding carboxylic acids is 2. The summed E-state index contributed by atoms with van der Waals surface area (Å²) < 4.78 is 11.4. The summed E-state index contributed by atoms with van der Waals surface area (Å²) in [6.07, 6.45) is 9.95. The lowest BCUT2D eigenvalue weighted by atomic mass is 9.81. The van der Waals surface area contributed by atoms with Crippen molar-refractivity contribution in [2.45, 2.75) is 97.5 Å². The molecule has 0 saturated heterocycles. The summed E-state index contributed by atoms with van der Waals surface area (Å²) in [6.45, 7) is 8.43. The molecule has 0 radical (unpaired) electrons. The zero-order chi connectivity index (χ0) is 18.5. The molecule has 0 aromatic heterocycles. The van der Waals surface area contributed by atoms with Gasteiger partial charge in [0.05, 0.1) is 17.9 Å². The van der Waals surface area contributed by atoms with E-state index < -0.39 is 5.41 Å². The topological polar surface area (TPSA) is 52.6 Å². The molecule has 0 heterocycles. The van der Waals surface area contributed by atoms with Crippen LogP contribution < -0.4 is 0 Å². The van der Waals surface area contributed by atoms with Gasteiger partial charge >= 0.3 is 11.9 Å². The van der Waals surface area contributed by atoms with Crippen molar-refractivity contribution in [2.75, 3.05) is 6.61 Å². The fraction of sp³-hybridized carbons (Fsp3) is 0.905. The van der Waals surface area contributed by atoms with Crippen molar-refractivity contribution in [3.05, 3.63) is 0 Å². The minimum Gasteiger partial charge on any atom is -0.465 e. The third kappa shape index (κ3) is 5.72. The molecule has 25 heavy (non-hydrogen) atoms. The Morgan fingerprint density at radius 2 is 1.64 bits per heavy atom. The lowest BCUT2D eigenvalue weighted by Gasteiger charge is -2.36. The monoisotopic (exact) mass is 352 g/mol. The molecular weight excluding hydrogens is 316 g/mol. The van der Waals surface area contributed by atoms with Gasteiger partial charge < -0.3 is 9.47 Å². The first-order valence-corrected chi connectivity index (χ1v) is 10.2. The van der Waals surface area contributed by atoms with Crippen LogP contribution in [0, 0.1) is 17.3 Å². The SMILES string of the molecule is CCC(C)(C)C(=O)OCC1CCC(C(=O)OC2(C)CCCCC2)CC1. The normalized spacial score (nSPS) is 26.7. The number of ether oxygens (including phenoxy) is 2. The molecule has 0 atom stereocenters. The Balaban J connectivity index is 1.72. The van der Waals surface area contributed by atoms with Crippen molar-refractivity contribution in [1.29, 1.82) is 0 Å². The van der Waals surface area contributed by atoms with Crippen LogP contribution in [0.1, 0.15) is 91.9 Å². The van der Waals surface area contributed by atoms with Crippen molar-refractivity contribution in [3.63, 3.8) is 0 Å². The van der Waals surface area contributed by atoms with E-state index in [2.05, 4.69) is 6.92 Å². The van der Waals surface area contributed by atoms with Crippen LogP contribution in [-0.2, 0) is 19.1 Å². The second kappa shape index (κ2) is 8.55. The number of rotatable bonds is 6. The maximum atomic E-state index is 12.5. The lowest BCUT2D eigenvalue weighted by Crippen LogP contribution is -2.37. The van der Waals surface area contributed by atoms with Gasteiger partial charge in [-0.05, 0) is 84.5 Å². The molecule has 144 valence electrons. The summed E-state index contributed by atoms with van der Waals surface area (Å²) in [5.41, 5.74) is -0.649. The Hall–Kier alpha value is -1.06. The molecule has 0 bridgehead atoms. The molecule has 2 fully saturated rings. The molecule has 2 aliphatic rings. The average Bonchev–Trinajstić information content (AvgIpc) is 2.60. The van der Waals surface area contributed by atoms with E-state index in [-0.39, 0.29) is 23.5 Å². The third-order valence-electron chi connectivity index (χ3n) is 6.32. The van der Waals surface area contributed by atoms with Crippen LogP contribution in [0.2, 0.25) is 0 Å². The predicted octanol–water partition coefficient (Wildman–Crippen LogP) is 5.04. The van der Waals surface area contributed by atoms with E-state index in [4.69, 9.17) is 9.47 Å². The van der Waals surface area contributed by atoms with E-state index in [1.165, 1.54) is 6.42 Å². The highest BCUT2D eigenvalue weighted by Crippen LogP contribution is 2.35. The summed E-state index contributed by atoms with van der Waals surface area (Å²) in [6, 6.07) is 0. The molecule has 4 heteroatoms. The predicted molar refractivity (Wildman–Crippen MR) is 98.1 cm³/mol. The Bertz CT molecular complexity index is 455. The Kier molecular flexibility index (Phi) is 6.93. The molecule has 0 spiro atoms. The summed E-state index contributed by atoms with van der Waals surface area (Å²) in [5.74, 6) is 0.289. The highest BCUT2D eigenvalue weighted by molar-refractivity contribution is 5.75. The Labute approximate surface area is 153 Å². The van der Waals surface area contributed by atoms with Gasteiger partial charge in [0.15, 0.2) is 0 Å². The molecule has 0 aliphatic heterocycles. The van der Waals surface area contributed by atoms with E-state index in [0.717, 1.165) is 57.8 Å². The van der Waals surface area contributed by atoms with Gasteiger partial charge in [0.2, 0.25) is 0 Å². The molecule has 0 amide bonds. The first kappa shape index (κ1) is 20.3. The van der Waals surface area contributed by atoms with Crippen LogP contribution in [0.15, 0.2) is 0 Å². The van der Waals surface area contributed by atoms with E-state index in [1.807, 2.05) is 20.8 Å². The maximum absolute atomic E-state index is 12.5. The fourth-order valence-electron chi connectivity index (χ4n) is 3.83. The van der Waals surface area contributed by atoms with Gasteiger partial charge in [0.1, 0.15) is 5.60 Å². The molecular formula is C21H36O4. The second-order valence-electron chi connectivity index (χ2n) is 8.99. The molecule has 0 aromatic carbocycles. The van der Waals surface area contributed by atoms with Crippen LogP contribution in [-0.4, -0.2) is 24.1 Å². The summed E-state index contributed by atoms with van der Waals surface area (Å²) in [5, 5.41) is 0. The molecule has 0 N–H and O–H groups in total. The first-order chi connectivity index (χ1) is 11.8. The Morgan fingerprint density at radius 1 is 1.04 bits per heavy atom. The highest BCUT2D eigenvalue weighted by Gasteiger charge is 2.35. The van der Waals surface area contributed by atoms with E-state index in [1.54, 1.807) is 0 Å². The van der Waals surface area contributed by atoms with Crippen molar-refractivity contribution in [1.82, 2.24) is 0 Å². The Morgan fingerprint density at radius 3 is 2.20 bits per heavy atom. The summed E-state index contributed by atoms with van der Waals surface area (Å²) >= 11 is 0. The van der Waals surface area contributed by atoms with Crippen molar-refractivity contribution < 1.29 is 19.1 Å². The minimum absolute atomic E-state index is 0.00744. The number of esters is 2. The van der Waals surface area contributed by atoms with Crippen LogP contribution in [0.3, 0.4) is 0 Å². The van der Waals surface area contributed by atoms with Gasteiger partial charge in [0.25, 0.3) is 0 Å². The van der Waals surface area contributed by atoms with E-state index in [9.17, 15) is 9.59 Å². The lowest BCUT2D eigenvalue weighted by molar-refractivity contribution is -0.168. The van der Waals surface area contributed by atoms with E-state index in [0.29, 0.717) is 12.5 Å². The van der Waals surface area contributed by atoms with Crippen LogP contribution in [0.5, 0.6) is 0 Å². The fourth-order valence-corrected chi connectivity index (χ4v) is 3.83. The van der Waals surface area contributed by atoms with Gasteiger partial charge in [-0.1, -0.05) is 13.3 Å². The van der Waals surface area contributed by atoms with Gasteiger partial charge in [0, 0.05) is 0 Å². The van der Waals surface area contributed by atoms with Crippen molar-refractivity contribution in [2.24, 2.45) is 17.3 Å². The summed E-state index contributed by atoms with van der Waals surface area (Å²) in [4.78, 5) is 24.6. The van der Waals surface area contributed by atoms with Gasteiger partial charge in [-0.3, -0.25) is 9.59 Å². The van der Waals surface area contributed by atoms with Gasteiger partial charge in [-0.25, -0.2) is 0 Å². The molecule has 0 unspecified atom stereocenters. The van der Waals surface area contributed by atoms with Gasteiger partial charge in [-0.2, -0.15) is 0 Å². The van der Waals surface area contributed by atoms with Crippen LogP contribution in [0.25, 0.3) is 0 Å². The summed E-state index contributed by atoms with van der Waals surface area (Å²) in [7, 11) is 0. The largest absolute Gasteiger partial charge is 0.465 e. The van der Waals surface area contributed by atoms with Crippen molar-refractivity contribution in [3.8, 4) is 0 Å². The van der Waals surface area contributed by atoms with Crippen molar-refractivity contribution >= 4 is 11.9 Å². The third-order valence-corrected chi connectivity index (χ3v) is 6.32. The number of hydrogen-bond donors (Lipinski definition) is 0. The molecule has 2 saturated carbocycles. The number of hydrogen-bond acceptors (Lipinski definition) is 4. The standard InChI is InChI=1S/C21H36O4/c1-5-20(2,3)19(23)24-15-16-9-11-17(12-10-16)18(22)25-21(4)13-7-6-8-14-21/h16-17H,5-15H2,1-4H3. The zero-order valence-electron chi connectivity index (χ0n) is 16.6. The quantitative estimate of drug-likeness (QED) is 0.629. The smallest absolute Gasteiger partial charge is 0.311 e. The maximum Gasteiger partial charge on any atom is 0.311 e. The molecule has 0 aromatic rings. The average molecular weight is 353 g/mol. The van der Waals surface area contributed by atoms with E-state index >= 15 is 0 Å². The molecule has 4 nitrogen and oxygen atoms in total. The first-order valence-electron chi connectivity index (χ1n) is 10.2. The van der Waals surface area contributed by atoms with Crippen LogP contribution in [0.4, 0.5) is 0 Å². The zero-order valence-corrected chi connectivity index (χ0v) is 16.6. The molecule has 2 rings (SSSR count). The second-order valence-corrected chi connectivity index (χ2v) is 8.99. The van der Waals surface area contributed by atoms with Crippen LogP contribution >= 0.6 is 0 Å². The highest BCUT2D eigenvalue weighted by atomic mass is 16.6. The van der Waals surface area contributed by atoms with Gasteiger partial charge in [-0.15, -0.1) is 0 Å². The molecule has 2 aliphatic carbocycles. The minimum atomic E-state index is -0.406.